The van der Waals surface area contributed by atoms with E-state index in [0.717, 1.165) is 0 Å². The summed E-state index contributed by atoms with van der Waals surface area (Å²) < 4.78 is 3.41. The summed E-state index contributed by atoms with van der Waals surface area (Å²) in [5.74, 6) is 1.27. The van der Waals surface area contributed by atoms with E-state index in [1.54, 1.807) is 17.7 Å². The third-order valence-electron chi connectivity index (χ3n) is 5.55. The number of hydrogen-bond donors (Lipinski definition) is 0. The standard InChI is InChI=1S/C18H15.C5H5.Zr/c1-2-8-13(7-1)18-16-11-5-3-9-14(16)15-10-4-6-12-17(15)18;1-2-4-5-3-1;/h1,3-7,9-11,13,18H,2,8H2;1-3H,4H2;. The molecule has 3 aliphatic rings. The molecule has 0 nitrogen and oxygen atoms in total. The molecular weight excluding hydrogens is 367 g/mol. The molecule has 0 heterocycles. The fourth-order valence-corrected chi connectivity index (χ4v) is 7.82. The molecule has 0 N–H and O–H groups in total. The maximum atomic E-state index is 2.48. The van der Waals surface area contributed by atoms with Crippen LogP contribution >= 0.6 is 0 Å². The van der Waals surface area contributed by atoms with Crippen LogP contribution in [-0.4, -0.2) is 0 Å². The van der Waals surface area contributed by atoms with E-state index in [1.807, 2.05) is 0 Å². The Labute approximate surface area is 155 Å². The normalized spacial score (nSPS) is 23.2. The van der Waals surface area contributed by atoms with Crippen molar-refractivity contribution < 1.29 is 23.2 Å². The van der Waals surface area contributed by atoms with Gasteiger partial charge in [0.25, 0.3) is 0 Å². The Kier molecular flexibility index (Phi) is 3.79. The van der Waals surface area contributed by atoms with Crippen molar-refractivity contribution in [3.63, 3.8) is 0 Å². The third kappa shape index (κ3) is 2.37. The minimum atomic E-state index is -0.680. The zero-order valence-electron chi connectivity index (χ0n) is 13.7. The van der Waals surface area contributed by atoms with Crippen molar-refractivity contribution in [2.45, 2.75) is 25.2 Å². The summed E-state index contributed by atoms with van der Waals surface area (Å²) in [6, 6.07) is 16.2. The van der Waals surface area contributed by atoms with Crippen molar-refractivity contribution in [2.75, 3.05) is 0 Å². The predicted molar refractivity (Wildman–Crippen MR) is 97.1 cm³/mol. The molecule has 0 saturated heterocycles. The van der Waals surface area contributed by atoms with E-state index < -0.39 is 23.2 Å². The number of fused-ring (bicyclic) bond motifs is 3. The average Bonchev–Trinajstić information content (AvgIpc) is 3.35. The molecule has 1 heteroatoms. The Morgan fingerprint density at radius 2 is 1.83 bits per heavy atom. The monoisotopic (exact) mass is 386 g/mol. The third-order valence-corrected chi connectivity index (χ3v) is 8.98. The quantitative estimate of drug-likeness (QED) is 0.626. The Morgan fingerprint density at radius 3 is 2.67 bits per heavy atom. The summed E-state index contributed by atoms with van der Waals surface area (Å²) >= 11 is -0.680. The van der Waals surface area contributed by atoms with Crippen LogP contribution < -0.4 is 3.27 Å². The maximum absolute atomic E-state index is 2.48. The van der Waals surface area contributed by atoms with Gasteiger partial charge in [-0.3, -0.25) is 0 Å². The summed E-state index contributed by atoms with van der Waals surface area (Å²) in [5, 5.41) is 0. The fraction of sp³-hybridized carbons (Fsp3) is 0.217. The zero-order chi connectivity index (χ0) is 15.9. The molecule has 24 heavy (non-hydrogen) atoms. The number of rotatable bonds is 3. The molecule has 2 aromatic carbocycles. The van der Waals surface area contributed by atoms with Crippen molar-refractivity contribution >= 4 is 3.27 Å². The van der Waals surface area contributed by atoms with Gasteiger partial charge in [0.05, 0.1) is 0 Å². The molecule has 0 aromatic heterocycles. The van der Waals surface area contributed by atoms with E-state index in [0.29, 0.717) is 11.8 Å². The first kappa shape index (κ1) is 14.9. The molecule has 0 aliphatic heterocycles. The Morgan fingerprint density at radius 1 is 0.917 bits per heavy atom. The van der Waals surface area contributed by atoms with Gasteiger partial charge >= 0.3 is 156 Å². The van der Waals surface area contributed by atoms with Gasteiger partial charge < -0.3 is 0 Å². The van der Waals surface area contributed by atoms with Crippen LogP contribution in [0.25, 0.3) is 11.1 Å². The Bertz CT molecular complexity index is 885. The number of allylic oxidation sites excluding steroid dienone is 6. The van der Waals surface area contributed by atoms with Crippen LogP contribution in [0, 0.1) is 5.92 Å². The van der Waals surface area contributed by atoms with Crippen molar-refractivity contribution in [3.05, 3.63) is 87.3 Å². The molecule has 2 unspecified atom stereocenters. The molecule has 3 aliphatic carbocycles. The molecule has 0 amide bonds. The molecule has 0 radical (unpaired) electrons. The van der Waals surface area contributed by atoms with E-state index in [1.165, 1.54) is 30.4 Å². The second-order valence-corrected chi connectivity index (χ2v) is 10.5. The fourth-order valence-electron chi connectivity index (χ4n) is 4.50. The van der Waals surface area contributed by atoms with E-state index in [2.05, 4.69) is 72.8 Å². The van der Waals surface area contributed by atoms with Crippen molar-refractivity contribution in [2.24, 2.45) is 5.92 Å². The van der Waals surface area contributed by atoms with E-state index in [-0.39, 0.29) is 0 Å². The molecule has 5 rings (SSSR count). The molecule has 0 bridgehead atoms. The van der Waals surface area contributed by atoms with Crippen LogP contribution in [0.3, 0.4) is 0 Å². The van der Waals surface area contributed by atoms with Gasteiger partial charge in [0, 0.05) is 0 Å². The Balaban J connectivity index is 1.66. The Hall–Kier alpha value is -1.46. The van der Waals surface area contributed by atoms with Gasteiger partial charge in [0.1, 0.15) is 0 Å². The van der Waals surface area contributed by atoms with Crippen LogP contribution in [0.1, 0.15) is 36.3 Å². The second-order valence-electron chi connectivity index (χ2n) is 6.95. The second kappa shape index (κ2) is 6.12. The van der Waals surface area contributed by atoms with Crippen LogP contribution in [0.2, 0.25) is 0 Å². The van der Waals surface area contributed by atoms with Gasteiger partial charge in [-0.25, -0.2) is 0 Å². The van der Waals surface area contributed by atoms with E-state index in [4.69, 9.17) is 0 Å². The van der Waals surface area contributed by atoms with Crippen molar-refractivity contribution in [3.8, 4) is 11.1 Å². The molecule has 2 aromatic rings. The summed E-state index contributed by atoms with van der Waals surface area (Å²) in [5.41, 5.74) is 6.24. The first-order chi connectivity index (χ1) is 11.9. The van der Waals surface area contributed by atoms with Gasteiger partial charge in [-0.05, 0) is 0 Å². The predicted octanol–water partition coefficient (Wildman–Crippen LogP) is 5.32. The zero-order valence-corrected chi connectivity index (χ0v) is 16.2. The number of hydrogen-bond acceptors (Lipinski definition) is 0. The van der Waals surface area contributed by atoms with Gasteiger partial charge in [0.15, 0.2) is 0 Å². The summed E-state index contributed by atoms with van der Waals surface area (Å²) in [6.45, 7) is 0. The molecular formula is C23H20Zr. The van der Waals surface area contributed by atoms with Gasteiger partial charge in [0.2, 0.25) is 0 Å². The summed E-state index contributed by atoms with van der Waals surface area (Å²) in [4.78, 5) is 0. The topological polar surface area (TPSA) is 0 Å². The van der Waals surface area contributed by atoms with Crippen molar-refractivity contribution in [1.29, 1.82) is 0 Å². The van der Waals surface area contributed by atoms with Crippen molar-refractivity contribution in [1.82, 2.24) is 0 Å². The molecule has 0 saturated carbocycles. The first-order valence-electron chi connectivity index (χ1n) is 8.93. The van der Waals surface area contributed by atoms with Crippen LogP contribution in [0.4, 0.5) is 0 Å². The first-order valence-corrected chi connectivity index (χ1v) is 11.4. The van der Waals surface area contributed by atoms with E-state index >= 15 is 0 Å². The SMILES string of the molecule is C1=CC[C]([Zr][c]2cccc3c2C(C2C=CCC2)c2ccccc2-3)=C1. The van der Waals surface area contributed by atoms with Gasteiger partial charge in [-0.15, -0.1) is 0 Å². The van der Waals surface area contributed by atoms with Crippen LogP contribution in [0.15, 0.2) is 76.1 Å². The molecule has 0 fully saturated rings. The average molecular weight is 388 g/mol. The van der Waals surface area contributed by atoms with E-state index in [9.17, 15) is 0 Å². The van der Waals surface area contributed by atoms with Gasteiger partial charge in [-0.2, -0.15) is 0 Å². The van der Waals surface area contributed by atoms with Gasteiger partial charge in [-0.1, -0.05) is 0 Å². The van der Waals surface area contributed by atoms with Crippen LogP contribution in [0.5, 0.6) is 0 Å². The summed E-state index contributed by atoms with van der Waals surface area (Å²) in [7, 11) is 0. The molecule has 2 atom stereocenters. The number of benzene rings is 2. The summed E-state index contributed by atoms with van der Waals surface area (Å²) in [6.07, 6.45) is 15.5. The molecule has 116 valence electrons. The molecule has 0 spiro atoms. The van der Waals surface area contributed by atoms with Crippen LogP contribution in [-0.2, 0) is 23.2 Å². The minimum absolute atomic E-state index is 0.585.